The van der Waals surface area contributed by atoms with Crippen LogP contribution < -0.4 is 51.1 Å². The fraction of sp³-hybridized carbons (Fsp3) is 0.484. The lowest BCUT2D eigenvalue weighted by Crippen LogP contribution is -2.34. The molecule has 0 spiro atoms. The van der Waals surface area contributed by atoms with Gasteiger partial charge in [-0.1, -0.05) is 12.2 Å². The van der Waals surface area contributed by atoms with E-state index in [0.29, 0.717) is 11.2 Å². The number of aromatic nitrogens is 22. The Morgan fingerprint density at radius 3 is 0.941 bits per heavy atom. The van der Waals surface area contributed by atoms with E-state index in [0.717, 1.165) is 39.0 Å². The van der Waals surface area contributed by atoms with Gasteiger partial charge in [-0.15, -0.1) is 0 Å². The van der Waals surface area contributed by atoms with Crippen molar-refractivity contribution in [1.82, 2.24) is 107 Å². The van der Waals surface area contributed by atoms with Crippen LogP contribution in [0.15, 0.2) is 83.2 Å². The van der Waals surface area contributed by atoms with Crippen LogP contribution in [0.4, 0.5) is 61.4 Å². The van der Waals surface area contributed by atoms with Gasteiger partial charge in [-0.05, 0) is 71.2 Å². The number of nitrogens with two attached hydrogens (primary N) is 6. The maximum absolute atomic E-state index is 16.0. The second-order valence-electron chi connectivity index (χ2n) is 30.4. The first-order chi connectivity index (χ1) is 63.9. The van der Waals surface area contributed by atoms with Crippen LogP contribution in [0.25, 0.3) is 67.0 Å². The molecule has 9 saturated heterocycles. The second kappa shape index (κ2) is 36.7. The minimum Gasteiger partial charge on any atom is -0.397 e. The summed E-state index contributed by atoms with van der Waals surface area (Å²) in [5.74, 6) is -0.725. The molecule has 12 aromatic heterocycles. The Balaban J connectivity index is 0.000000130. The van der Waals surface area contributed by atoms with Gasteiger partial charge in [0.15, 0.2) is 131 Å². The molecular weight excluding hydrogens is 2060 g/mol. The lowest BCUT2D eigenvalue weighted by molar-refractivity contribution is -0.0599. The lowest BCUT2D eigenvalue weighted by Gasteiger charge is -2.27. The van der Waals surface area contributed by atoms with Gasteiger partial charge in [0.2, 0.25) is 17.8 Å². The van der Waals surface area contributed by atoms with E-state index in [4.69, 9.17) is 176 Å². The van der Waals surface area contributed by atoms with Crippen molar-refractivity contribution < 1.29 is 138 Å². The smallest absolute Gasteiger partial charge is 0.386 e. The summed E-state index contributed by atoms with van der Waals surface area (Å²) < 4.78 is 217. The van der Waals surface area contributed by atoms with E-state index < -0.39 is 244 Å². The summed E-state index contributed by atoms with van der Waals surface area (Å²) in [6, 6.07) is 3.04. The highest BCUT2D eigenvalue weighted by Crippen LogP contribution is 2.61. The molecule has 73 heteroatoms. The van der Waals surface area contributed by atoms with E-state index in [9.17, 15) is 43.4 Å². The van der Waals surface area contributed by atoms with Gasteiger partial charge in [0.05, 0.1) is 89.0 Å². The monoisotopic (exact) mass is 2130 g/mol. The minimum atomic E-state index is -4.44. The Morgan fingerprint density at radius 2 is 0.607 bits per heavy atom. The Kier molecular flexibility index (Phi) is 26.1. The van der Waals surface area contributed by atoms with Crippen LogP contribution in [-0.2, 0) is 146 Å². The molecule has 30 atom stereocenters. The number of fused-ring (bicyclic) bond motifs is 15. The maximum atomic E-state index is 16.0. The molecule has 9 aliphatic heterocycles. The van der Waals surface area contributed by atoms with Gasteiger partial charge >= 0.3 is 40.4 Å². The molecule has 0 aliphatic carbocycles. The highest BCUT2D eigenvalue weighted by Gasteiger charge is 2.59. The van der Waals surface area contributed by atoms with Crippen molar-refractivity contribution in [2.45, 2.75) is 148 Å². The van der Waals surface area contributed by atoms with Crippen LogP contribution in [0, 0.1) is 0 Å². The number of pyridine rings is 2. The number of nitrogens with zero attached hydrogens (tertiary/aromatic N) is 19. The predicted octanol–water partition coefficient (Wildman–Crippen LogP) is 1.57. The third-order valence-electron chi connectivity index (χ3n) is 21.9. The van der Waals surface area contributed by atoms with E-state index in [2.05, 4.69) is 92.0 Å². The van der Waals surface area contributed by atoms with E-state index in [1.54, 1.807) is 0 Å². The fourth-order valence-electron chi connectivity index (χ4n) is 15.9. The number of imidazole rings is 6. The molecule has 20 N–H and O–H groups in total. The Hall–Kier alpha value is -7.87. The van der Waals surface area contributed by atoms with Crippen LogP contribution in [0.5, 0.6) is 0 Å². The number of rotatable bonds is 6. The molecule has 6 bridgehead atoms. The van der Waals surface area contributed by atoms with Gasteiger partial charge in [-0.2, -0.15) is 15.0 Å². The number of hydrogen-bond acceptors (Lipinski definition) is 46. The highest BCUT2D eigenvalue weighted by atomic mass is 32.7. The van der Waals surface area contributed by atoms with Gasteiger partial charge in [-0.25, -0.2) is 80.7 Å². The first-order valence-corrected chi connectivity index (χ1v) is 54.6. The molecular formula is C62H68F6N28O27P6S6. The summed E-state index contributed by atoms with van der Waals surface area (Å²) in [6.07, 6.45) is -28.3. The number of nitrogen functional groups attached to an aromatic ring is 6. The summed E-state index contributed by atoms with van der Waals surface area (Å²) in [6.45, 7) is -30.2. The minimum absolute atomic E-state index is 0.0442. The van der Waals surface area contributed by atoms with Crippen LogP contribution in [0.1, 0.15) is 37.4 Å². The Bertz CT molecular complexity index is 6500. The van der Waals surface area contributed by atoms with Crippen molar-refractivity contribution in [3.63, 3.8) is 0 Å². The molecule has 0 aromatic carbocycles. The number of aromatic amines is 3. The number of hydrogen-bond donors (Lipinski definition) is 15. The molecule has 21 heterocycles. The molecule has 135 heavy (non-hydrogen) atoms. The topological polar surface area (TPSA) is 736 Å². The average molecular weight is 2130 g/mol. The third kappa shape index (κ3) is 18.7. The zero-order valence-corrected chi connectivity index (χ0v) is 77.4. The normalized spacial score (nSPS) is 37.7. The predicted molar refractivity (Wildman–Crippen MR) is 468 cm³/mol. The van der Waals surface area contributed by atoms with Gasteiger partial charge < -0.3 is 110 Å². The molecule has 55 nitrogen and oxygen atoms in total. The van der Waals surface area contributed by atoms with Crippen LogP contribution in [0.3, 0.4) is 0 Å². The Morgan fingerprint density at radius 1 is 0.341 bits per heavy atom. The van der Waals surface area contributed by atoms with E-state index in [1.165, 1.54) is 57.2 Å². The van der Waals surface area contributed by atoms with Gasteiger partial charge in [-0.3, -0.25) is 88.4 Å². The summed E-state index contributed by atoms with van der Waals surface area (Å²) >= 11 is 29.7. The first-order valence-electron chi connectivity index (χ1n) is 38.9. The second-order valence-corrected chi connectivity index (χ2v) is 47.2. The van der Waals surface area contributed by atoms with Crippen LogP contribution in [0.2, 0.25) is 0 Å². The standard InChI is InChI=1S/2C21H23F2N9O9P2S2.C20H22F2N10O9P2S2/c2*22-10-8-3-36-42(34,44)40-14-9(39-19(11(14)23)31-5-27-12-7(24)1-2-26-16(12)31)4-37-43(35,45)41-15(10)20(38-8)32-6-28-13-17(32)29-21(25)30-18(13)33;21-8-6-1-36-42(34,44)40-12-7(39-18(9(12)22)31-4-27-10-14(23)25-3-26-15(10)31)2-37-43(35,45)41-13(8)19(38-6)32-5-28-11-16(32)29-20(24)30-17(11)33/h2*1-2,5-6,8-11,14-15,19-20H,3-4H2,(H2,24,26)(H,34,44)(H,35,45)(H3,25,29,30,33);3-9,12-13,18-19H,1-2H2,(H,34,44)(H,35,45)(H2,23,25,26)(H3,24,29,30,33)/t2*8-,9-,10-,11+,14-,15+,19-,20-,42?,43?;6-,7-,8-,9+,12-,13+,18-,19-,42?,43?/m111/s1. The summed E-state index contributed by atoms with van der Waals surface area (Å²) in [7, 11) is 0. The first kappa shape index (κ1) is 96.0. The Labute approximate surface area is 776 Å². The van der Waals surface area contributed by atoms with Crippen molar-refractivity contribution >= 4 is 214 Å². The van der Waals surface area contributed by atoms with Gasteiger partial charge in [0.25, 0.3) is 16.7 Å². The van der Waals surface area contributed by atoms with Crippen LogP contribution >= 0.6 is 52.6 Å². The highest BCUT2D eigenvalue weighted by molar-refractivity contribution is 8.44. The summed E-state index contributed by atoms with van der Waals surface area (Å²) in [4.78, 5) is 151. The van der Waals surface area contributed by atoms with Gasteiger partial charge in [0.1, 0.15) is 96.1 Å². The number of H-pyrrole nitrogens is 3. The average Bonchev–Trinajstić information content (AvgIpc) is 1.63. The number of halogens is 6. The number of alkyl halides is 6. The van der Waals surface area contributed by atoms with Crippen molar-refractivity contribution in [1.29, 1.82) is 0 Å². The molecule has 12 aromatic rings. The SMILES string of the molecule is Nc1nc2c(ncn2[C@@H]2O[C@@H]3COP(=O)(S)O[C@H]4[C@H](F)[C@H](n5cnc6c(N)ccnc65)O[C@@H]4COP(O)(=S)O[C@H]2[C@@H]3F)c(=O)[nH]1.Nc1nc2c(ncn2[C@@H]2O[C@@H]3COP(O)(=S)O[C@H]4[C@H](F)[C@H](n5cnc6c(N)ccnc65)O[C@@H]4COP(O)(=S)O[C@H]2[C@@H]3F)c(=O)[nH]1.Nc1nc2c(ncn2[C@@H]2O[C@@H]3COP(O)(=S)O[C@H]4[C@H](F)[C@H](n5cnc6c(N)ncnc65)O[C@@H]4COP(O)(=S)O[C@H]2[C@@H]3F)c(=O)[nH]1. The maximum Gasteiger partial charge on any atom is 0.386 e. The molecule has 9 fully saturated rings. The number of ether oxygens (including phenoxy) is 6. The number of nitrogens with one attached hydrogen (secondary N) is 3. The molecule has 21 rings (SSSR count). The van der Waals surface area contributed by atoms with Gasteiger partial charge in [0, 0.05) is 12.4 Å². The summed E-state index contributed by atoms with van der Waals surface area (Å²) in [5.41, 5.74) is 33.9. The fourth-order valence-corrected chi connectivity index (χ4v) is 24.4. The molecule has 9 aliphatic rings. The molecule has 6 unspecified atom stereocenters. The quantitative estimate of drug-likeness (QED) is 0.0638. The van der Waals surface area contributed by atoms with Crippen molar-refractivity contribution in [2.75, 3.05) is 74.0 Å². The van der Waals surface area contributed by atoms with E-state index >= 15 is 26.3 Å². The zero-order valence-electron chi connectivity index (χ0n) is 67.1. The molecule has 0 amide bonds. The lowest BCUT2D eigenvalue weighted by atomic mass is 10.1. The van der Waals surface area contributed by atoms with Crippen molar-refractivity contribution in [3.8, 4) is 0 Å². The molecule has 0 radical (unpaired) electrons. The molecule has 0 saturated carbocycles. The van der Waals surface area contributed by atoms with E-state index in [-0.39, 0.29) is 90.8 Å². The van der Waals surface area contributed by atoms with Crippen molar-refractivity contribution in [2.24, 2.45) is 0 Å². The van der Waals surface area contributed by atoms with Crippen molar-refractivity contribution in [3.05, 3.63) is 99.9 Å². The van der Waals surface area contributed by atoms with E-state index in [1.807, 2.05) is 0 Å². The molecule has 726 valence electrons. The number of thiol groups is 1. The third-order valence-corrected chi connectivity index (χ3v) is 31.3. The van der Waals surface area contributed by atoms with Crippen LogP contribution in [-0.4, -0.2) is 282 Å². The summed E-state index contributed by atoms with van der Waals surface area (Å²) in [5, 5.41) is 0. The zero-order chi connectivity index (χ0) is 95.5. The largest absolute Gasteiger partial charge is 0.397 e. The number of anilines is 6.